The van der Waals surface area contributed by atoms with Crippen LogP contribution in [0.5, 0.6) is 0 Å². The molecule has 1 heterocycles. The van der Waals surface area contributed by atoms with Gasteiger partial charge in [-0.05, 0) is 45.3 Å². The number of esters is 2. The Bertz CT molecular complexity index is 328. The molecule has 0 saturated carbocycles. The van der Waals surface area contributed by atoms with Gasteiger partial charge in [0.25, 0.3) is 0 Å². The van der Waals surface area contributed by atoms with Crippen LogP contribution in [0.2, 0.25) is 0 Å². The fourth-order valence-corrected chi connectivity index (χ4v) is 1.88. The summed E-state index contributed by atoms with van der Waals surface area (Å²) in [5, 5.41) is 0. The highest BCUT2D eigenvalue weighted by Crippen LogP contribution is 2.17. The molecule has 0 radical (unpaired) electrons. The van der Waals surface area contributed by atoms with Crippen LogP contribution in [0.3, 0.4) is 0 Å². The first-order valence-corrected chi connectivity index (χ1v) is 6.11. The fraction of sp³-hybridized carbons (Fsp3) is 0.818. The first-order chi connectivity index (χ1) is 8.80. The molecule has 0 unspecified atom stereocenters. The van der Waals surface area contributed by atoms with Crippen LogP contribution in [-0.4, -0.2) is 48.7 Å². The van der Waals surface area contributed by atoms with E-state index in [4.69, 9.17) is 5.73 Å². The maximum atomic E-state index is 11.9. The molecule has 1 aliphatic rings. The number of rotatable bonds is 5. The molecule has 5 nitrogen and oxygen atoms in total. The summed E-state index contributed by atoms with van der Waals surface area (Å²) in [7, 11) is 0. The second-order valence-electron chi connectivity index (χ2n) is 4.50. The quantitative estimate of drug-likeness (QED) is 0.597. The van der Waals surface area contributed by atoms with Gasteiger partial charge in [-0.25, -0.2) is 9.59 Å². The first-order valence-electron chi connectivity index (χ1n) is 6.11. The normalized spacial score (nSPS) is 18.3. The van der Waals surface area contributed by atoms with Crippen molar-refractivity contribution >= 4 is 11.9 Å². The van der Waals surface area contributed by atoms with Crippen LogP contribution in [0.15, 0.2) is 0 Å². The fourth-order valence-electron chi connectivity index (χ4n) is 1.88. The standard InChI is InChI=1S/C11H17F3N2O3/c12-11(13,14)10(18)19-9(17)8(15)4-3-7-16-5-1-2-6-16/h8H,1-7,15H2/t8-/m0/s1. The van der Waals surface area contributed by atoms with Crippen molar-refractivity contribution in [2.75, 3.05) is 19.6 Å². The smallest absolute Gasteiger partial charge is 0.385 e. The van der Waals surface area contributed by atoms with Crippen LogP contribution in [0.4, 0.5) is 13.2 Å². The van der Waals surface area contributed by atoms with Gasteiger partial charge in [-0.15, -0.1) is 0 Å². The van der Waals surface area contributed by atoms with E-state index in [-0.39, 0.29) is 6.42 Å². The van der Waals surface area contributed by atoms with Gasteiger partial charge in [-0.3, -0.25) is 0 Å². The molecule has 1 saturated heterocycles. The summed E-state index contributed by atoms with van der Waals surface area (Å²) in [6, 6.07) is -1.20. The minimum Gasteiger partial charge on any atom is -0.385 e. The summed E-state index contributed by atoms with van der Waals surface area (Å²) in [6.45, 7) is 2.73. The molecule has 1 fully saturated rings. The number of hydrogen-bond donors (Lipinski definition) is 1. The Balaban J connectivity index is 2.22. The van der Waals surface area contributed by atoms with E-state index < -0.39 is 24.2 Å². The summed E-state index contributed by atoms with van der Waals surface area (Å²) in [4.78, 5) is 23.8. The molecule has 0 spiro atoms. The lowest BCUT2D eigenvalue weighted by Gasteiger charge is -2.16. The molecule has 110 valence electrons. The Kier molecular flexibility index (Phi) is 5.74. The maximum absolute atomic E-state index is 11.9. The number of halogens is 3. The zero-order valence-electron chi connectivity index (χ0n) is 10.4. The van der Waals surface area contributed by atoms with Crippen molar-refractivity contribution in [2.45, 2.75) is 37.9 Å². The molecule has 1 rings (SSSR count). The third-order valence-electron chi connectivity index (χ3n) is 2.92. The predicted molar refractivity (Wildman–Crippen MR) is 60.0 cm³/mol. The molecule has 0 aromatic carbocycles. The molecule has 1 atom stereocenters. The topological polar surface area (TPSA) is 72.6 Å². The highest BCUT2D eigenvalue weighted by Gasteiger charge is 2.43. The average molecular weight is 282 g/mol. The Morgan fingerprint density at radius 3 is 2.37 bits per heavy atom. The van der Waals surface area contributed by atoms with E-state index >= 15 is 0 Å². The SMILES string of the molecule is N[C@@H](CCCN1CCCC1)C(=O)OC(=O)C(F)(F)F. The van der Waals surface area contributed by atoms with Crippen LogP contribution in [0, 0.1) is 0 Å². The Morgan fingerprint density at radius 1 is 1.26 bits per heavy atom. The van der Waals surface area contributed by atoms with Gasteiger partial charge in [-0.1, -0.05) is 0 Å². The molecule has 0 aromatic heterocycles. The highest BCUT2D eigenvalue weighted by atomic mass is 19.4. The van der Waals surface area contributed by atoms with E-state index in [2.05, 4.69) is 9.64 Å². The molecule has 0 amide bonds. The molecule has 8 heteroatoms. The number of ether oxygens (including phenoxy) is 1. The predicted octanol–water partition coefficient (Wildman–Crippen LogP) is 0.822. The minimum absolute atomic E-state index is 0.195. The van der Waals surface area contributed by atoms with Crippen LogP contribution < -0.4 is 5.73 Å². The number of likely N-dealkylation sites (tertiary alicyclic amines) is 1. The highest BCUT2D eigenvalue weighted by molar-refractivity contribution is 5.90. The molecule has 19 heavy (non-hydrogen) atoms. The van der Waals surface area contributed by atoms with E-state index in [0.29, 0.717) is 6.42 Å². The number of nitrogens with zero attached hydrogens (tertiary/aromatic N) is 1. The molecule has 1 aliphatic heterocycles. The van der Waals surface area contributed by atoms with Gasteiger partial charge in [0, 0.05) is 0 Å². The number of alkyl halides is 3. The summed E-state index contributed by atoms with van der Waals surface area (Å²) in [5.74, 6) is -3.85. The summed E-state index contributed by atoms with van der Waals surface area (Å²) < 4.78 is 39.2. The summed E-state index contributed by atoms with van der Waals surface area (Å²) >= 11 is 0. The van der Waals surface area contributed by atoms with Gasteiger partial charge in [-0.2, -0.15) is 13.2 Å². The van der Waals surface area contributed by atoms with E-state index in [1.54, 1.807) is 0 Å². The lowest BCUT2D eigenvalue weighted by atomic mass is 10.1. The number of hydrogen-bond acceptors (Lipinski definition) is 5. The van der Waals surface area contributed by atoms with Crippen molar-refractivity contribution in [3.8, 4) is 0 Å². The van der Waals surface area contributed by atoms with Crippen molar-refractivity contribution in [2.24, 2.45) is 5.73 Å². The lowest BCUT2D eigenvalue weighted by molar-refractivity contribution is -0.202. The summed E-state index contributed by atoms with van der Waals surface area (Å²) in [6.07, 6.45) is -2.13. The number of nitrogens with two attached hydrogens (primary N) is 1. The maximum Gasteiger partial charge on any atom is 0.491 e. The third-order valence-corrected chi connectivity index (χ3v) is 2.92. The minimum atomic E-state index is -5.18. The van der Waals surface area contributed by atoms with Crippen LogP contribution in [-0.2, 0) is 14.3 Å². The van der Waals surface area contributed by atoms with Crippen molar-refractivity contribution in [1.29, 1.82) is 0 Å². The average Bonchev–Trinajstić information content (AvgIpc) is 2.80. The molecular weight excluding hydrogens is 265 g/mol. The molecule has 2 N–H and O–H groups in total. The van der Waals surface area contributed by atoms with Gasteiger partial charge in [0.15, 0.2) is 0 Å². The van der Waals surface area contributed by atoms with Crippen molar-refractivity contribution < 1.29 is 27.5 Å². The molecule has 0 aliphatic carbocycles. The zero-order chi connectivity index (χ0) is 14.5. The molecule has 0 aromatic rings. The molecular formula is C11H17F3N2O3. The molecule has 0 bridgehead atoms. The lowest BCUT2D eigenvalue weighted by Crippen LogP contribution is -2.38. The van der Waals surface area contributed by atoms with E-state index in [9.17, 15) is 22.8 Å². The van der Waals surface area contributed by atoms with E-state index in [0.717, 1.165) is 32.5 Å². The van der Waals surface area contributed by atoms with E-state index in [1.807, 2.05) is 0 Å². The Hall–Kier alpha value is -1.15. The Morgan fingerprint density at radius 2 is 1.84 bits per heavy atom. The van der Waals surface area contributed by atoms with Crippen molar-refractivity contribution in [3.05, 3.63) is 0 Å². The second kappa shape index (κ2) is 6.85. The van der Waals surface area contributed by atoms with Crippen LogP contribution >= 0.6 is 0 Å². The van der Waals surface area contributed by atoms with Crippen LogP contribution in [0.1, 0.15) is 25.7 Å². The van der Waals surface area contributed by atoms with Crippen LogP contribution in [0.25, 0.3) is 0 Å². The van der Waals surface area contributed by atoms with Gasteiger partial charge in [0.2, 0.25) is 0 Å². The Labute approximate surface area is 108 Å². The van der Waals surface area contributed by atoms with Gasteiger partial charge < -0.3 is 15.4 Å². The number of carbonyl (C=O) groups excluding carboxylic acids is 2. The van der Waals surface area contributed by atoms with Crippen molar-refractivity contribution in [3.63, 3.8) is 0 Å². The zero-order valence-corrected chi connectivity index (χ0v) is 10.4. The third kappa shape index (κ3) is 5.56. The van der Waals surface area contributed by atoms with Crippen molar-refractivity contribution in [1.82, 2.24) is 4.90 Å². The van der Waals surface area contributed by atoms with Gasteiger partial charge in [0.05, 0.1) is 0 Å². The van der Waals surface area contributed by atoms with Gasteiger partial charge in [0.1, 0.15) is 6.04 Å². The monoisotopic (exact) mass is 282 g/mol. The second-order valence-corrected chi connectivity index (χ2v) is 4.50. The summed E-state index contributed by atoms with van der Waals surface area (Å²) in [5.41, 5.74) is 5.38. The van der Waals surface area contributed by atoms with Gasteiger partial charge >= 0.3 is 18.1 Å². The first kappa shape index (κ1) is 15.9. The number of carbonyl (C=O) groups is 2. The largest absolute Gasteiger partial charge is 0.491 e. The van der Waals surface area contributed by atoms with E-state index in [1.165, 1.54) is 0 Å².